The standard InChI is InChI=1S/C19H19N5OS/c1-14(15-9-5-3-6-10-15)20-21-17(25)13-26-19-23-22-18(24(19)2)16-11-7-4-8-12-16/h3-12H,13H2,1-2H3,(H,21,25)/b20-14+. The van der Waals surface area contributed by atoms with Crippen LogP contribution in [0.1, 0.15) is 12.5 Å². The van der Waals surface area contributed by atoms with Gasteiger partial charge in [-0.3, -0.25) is 4.79 Å². The minimum absolute atomic E-state index is 0.186. The van der Waals surface area contributed by atoms with Crippen molar-refractivity contribution in [3.63, 3.8) is 0 Å². The van der Waals surface area contributed by atoms with Crippen LogP contribution in [0.25, 0.3) is 11.4 Å². The van der Waals surface area contributed by atoms with E-state index in [1.807, 2.05) is 79.2 Å². The van der Waals surface area contributed by atoms with E-state index in [2.05, 4.69) is 20.7 Å². The third-order valence-electron chi connectivity index (χ3n) is 3.74. The molecule has 0 radical (unpaired) electrons. The van der Waals surface area contributed by atoms with Gasteiger partial charge in [0.15, 0.2) is 11.0 Å². The minimum Gasteiger partial charge on any atom is -0.305 e. The lowest BCUT2D eigenvalue weighted by molar-refractivity contribution is -0.118. The number of hydrogen-bond acceptors (Lipinski definition) is 5. The van der Waals surface area contributed by atoms with Gasteiger partial charge in [-0.05, 0) is 12.5 Å². The normalized spacial score (nSPS) is 11.4. The molecule has 0 aliphatic heterocycles. The number of hydrazone groups is 1. The molecule has 3 rings (SSSR count). The molecule has 1 amide bonds. The van der Waals surface area contributed by atoms with Crippen molar-refractivity contribution in [3.05, 3.63) is 66.2 Å². The Bertz CT molecular complexity index is 906. The molecule has 0 fully saturated rings. The summed E-state index contributed by atoms with van der Waals surface area (Å²) in [5, 5.41) is 13.2. The van der Waals surface area contributed by atoms with Crippen LogP contribution in [0.4, 0.5) is 0 Å². The number of carbonyl (C=O) groups is 1. The van der Waals surface area contributed by atoms with Crippen LogP contribution in [0.2, 0.25) is 0 Å². The summed E-state index contributed by atoms with van der Waals surface area (Å²) >= 11 is 1.33. The Hall–Kier alpha value is -2.93. The summed E-state index contributed by atoms with van der Waals surface area (Å²) in [6.45, 7) is 1.86. The predicted octanol–water partition coefficient (Wildman–Crippen LogP) is 3.11. The SMILES string of the molecule is C/C(=N\NC(=O)CSc1nnc(-c2ccccc2)n1C)c1ccccc1. The molecule has 0 atom stereocenters. The number of rotatable bonds is 6. The zero-order chi connectivity index (χ0) is 18.4. The lowest BCUT2D eigenvalue weighted by Gasteiger charge is -2.04. The molecule has 0 saturated heterocycles. The maximum Gasteiger partial charge on any atom is 0.250 e. The average Bonchev–Trinajstić information content (AvgIpc) is 3.06. The first-order chi connectivity index (χ1) is 12.6. The molecule has 3 aromatic rings. The van der Waals surface area contributed by atoms with Crippen molar-refractivity contribution in [1.29, 1.82) is 0 Å². The minimum atomic E-state index is -0.186. The zero-order valence-corrected chi connectivity index (χ0v) is 15.4. The zero-order valence-electron chi connectivity index (χ0n) is 14.6. The number of thioether (sulfide) groups is 1. The monoisotopic (exact) mass is 365 g/mol. The fourth-order valence-electron chi connectivity index (χ4n) is 2.33. The molecule has 0 saturated carbocycles. The van der Waals surface area contributed by atoms with Crippen LogP contribution in [0.5, 0.6) is 0 Å². The molecule has 0 unspecified atom stereocenters. The first-order valence-electron chi connectivity index (χ1n) is 8.11. The van der Waals surface area contributed by atoms with Crippen molar-refractivity contribution in [2.75, 3.05) is 5.75 Å². The maximum absolute atomic E-state index is 12.0. The van der Waals surface area contributed by atoms with Crippen molar-refractivity contribution in [2.45, 2.75) is 12.1 Å². The van der Waals surface area contributed by atoms with Crippen LogP contribution in [0.15, 0.2) is 70.9 Å². The smallest absolute Gasteiger partial charge is 0.250 e. The molecule has 1 N–H and O–H groups in total. The molecule has 7 heteroatoms. The molecule has 6 nitrogen and oxygen atoms in total. The number of amides is 1. The van der Waals surface area contributed by atoms with Crippen LogP contribution in [-0.2, 0) is 11.8 Å². The van der Waals surface area contributed by atoms with E-state index in [4.69, 9.17) is 0 Å². The Morgan fingerprint density at radius 3 is 2.42 bits per heavy atom. The van der Waals surface area contributed by atoms with Crippen molar-refractivity contribution in [2.24, 2.45) is 12.1 Å². The van der Waals surface area contributed by atoms with E-state index >= 15 is 0 Å². The highest BCUT2D eigenvalue weighted by Crippen LogP contribution is 2.22. The van der Waals surface area contributed by atoms with Gasteiger partial charge >= 0.3 is 0 Å². The Balaban J connectivity index is 1.58. The molecule has 2 aromatic carbocycles. The summed E-state index contributed by atoms with van der Waals surface area (Å²) in [7, 11) is 1.89. The second-order valence-corrected chi connectivity index (χ2v) is 6.56. The highest BCUT2D eigenvalue weighted by atomic mass is 32.2. The molecule has 0 bridgehead atoms. The average molecular weight is 365 g/mol. The van der Waals surface area contributed by atoms with Crippen LogP contribution in [0, 0.1) is 0 Å². The summed E-state index contributed by atoms with van der Waals surface area (Å²) in [6, 6.07) is 19.5. The summed E-state index contributed by atoms with van der Waals surface area (Å²) in [5.74, 6) is 0.799. The first kappa shape index (κ1) is 17.9. The largest absolute Gasteiger partial charge is 0.305 e. The fraction of sp³-hybridized carbons (Fsp3) is 0.158. The number of aromatic nitrogens is 3. The number of nitrogens with zero attached hydrogens (tertiary/aromatic N) is 4. The Morgan fingerprint density at radius 2 is 1.73 bits per heavy atom. The van der Waals surface area contributed by atoms with Gasteiger partial charge in [0, 0.05) is 12.6 Å². The van der Waals surface area contributed by atoms with Crippen LogP contribution < -0.4 is 5.43 Å². The molecule has 1 aromatic heterocycles. The van der Waals surface area contributed by atoms with Crippen LogP contribution >= 0.6 is 11.8 Å². The van der Waals surface area contributed by atoms with Crippen molar-refractivity contribution in [3.8, 4) is 11.4 Å². The third kappa shape index (κ3) is 4.37. The van der Waals surface area contributed by atoms with E-state index in [0.717, 1.165) is 22.7 Å². The second-order valence-electron chi connectivity index (χ2n) is 5.62. The summed E-state index contributed by atoms with van der Waals surface area (Å²) in [5.41, 5.74) is 5.30. The van der Waals surface area contributed by atoms with Crippen molar-refractivity contribution in [1.82, 2.24) is 20.2 Å². The molecular weight excluding hydrogens is 346 g/mol. The fourth-order valence-corrected chi connectivity index (χ4v) is 3.04. The number of nitrogens with one attached hydrogen (secondary N) is 1. The molecule has 132 valence electrons. The van der Waals surface area contributed by atoms with E-state index < -0.39 is 0 Å². The highest BCUT2D eigenvalue weighted by Gasteiger charge is 2.12. The molecule has 1 heterocycles. The number of benzene rings is 2. The van der Waals surface area contributed by atoms with Crippen molar-refractivity contribution < 1.29 is 4.79 Å². The maximum atomic E-state index is 12.0. The molecule has 26 heavy (non-hydrogen) atoms. The molecule has 0 spiro atoms. The number of hydrogen-bond donors (Lipinski definition) is 1. The van der Waals surface area contributed by atoms with Gasteiger partial charge in [-0.25, -0.2) is 5.43 Å². The lowest BCUT2D eigenvalue weighted by Crippen LogP contribution is -2.21. The van der Waals surface area contributed by atoms with Crippen LogP contribution in [0.3, 0.4) is 0 Å². The van der Waals surface area contributed by atoms with Gasteiger partial charge in [0.25, 0.3) is 5.91 Å². The Kier molecular flexibility index (Phi) is 5.80. The van der Waals surface area contributed by atoms with E-state index in [-0.39, 0.29) is 11.7 Å². The van der Waals surface area contributed by atoms with Gasteiger partial charge in [0.1, 0.15) is 0 Å². The van der Waals surface area contributed by atoms with Gasteiger partial charge in [-0.1, -0.05) is 72.4 Å². The van der Waals surface area contributed by atoms with E-state index in [0.29, 0.717) is 5.16 Å². The topological polar surface area (TPSA) is 72.2 Å². The van der Waals surface area contributed by atoms with Gasteiger partial charge in [0.05, 0.1) is 11.5 Å². The van der Waals surface area contributed by atoms with E-state index in [1.54, 1.807) is 0 Å². The number of carbonyl (C=O) groups excluding carboxylic acids is 1. The van der Waals surface area contributed by atoms with Gasteiger partial charge < -0.3 is 4.57 Å². The summed E-state index contributed by atoms with van der Waals surface area (Å²) < 4.78 is 1.88. The molecule has 0 aliphatic carbocycles. The third-order valence-corrected chi connectivity index (χ3v) is 4.76. The highest BCUT2D eigenvalue weighted by molar-refractivity contribution is 7.99. The predicted molar refractivity (Wildman–Crippen MR) is 104 cm³/mol. The van der Waals surface area contributed by atoms with Gasteiger partial charge in [-0.2, -0.15) is 5.10 Å². The molecule has 0 aliphatic rings. The van der Waals surface area contributed by atoms with Crippen molar-refractivity contribution >= 4 is 23.4 Å². The molecular formula is C19H19N5OS. The summed E-state index contributed by atoms with van der Waals surface area (Å²) in [4.78, 5) is 12.0. The Morgan fingerprint density at radius 1 is 1.08 bits per heavy atom. The lowest BCUT2D eigenvalue weighted by atomic mass is 10.1. The van der Waals surface area contributed by atoms with Gasteiger partial charge in [-0.15, -0.1) is 10.2 Å². The first-order valence-corrected chi connectivity index (χ1v) is 9.10. The Labute approximate surface area is 156 Å². The summed E-state index contributed by atoms with van der Waals surface area (Å²) in [6.07, 6.45) is 0. The van der Waals surface area contributed by atoms with Gasteiger partial charge in [0.2, 0.25) is 0 Å². The van der Waals surface area contributed by atoms with E-state index in [9.17, 15) is 4.79 Å². The quantitative estimate of drug-likeness (QED) is 0.414. The van der Waals surface area contributed by atoms with Crippen LogP contribution in [-0.4, -0.2) is 32.1 Å². The second kappa shape index (κ2) is 8.44. The van der Waals surface area contributed by atoms with E-state index in [1.165, 1.54) is 11.8 Å².